The van der Waals surface area contributed by atoms with Crippen molar-refractivity contribution < 1.29 is 4.42 Å². The molecule has 1 aromatic heterocycles. The highest BCUT2D eigenvalue weighted by Crippen LogP contribution is 2.24. The Kier molecular flexibility index (Phi) is 2.93. The summed E-state index contributed by atoms with van der Waals surface area (Å²) >= 11 is 1.48. The number of aromatic nitrogens is 1. The molecule has 15 heavy (non-hydrogen) atoms. The summed E-state index contributed by atoms with van der Waals surface area (Å²) in [6.07, 6.45) is 0. The second-order valence-electron chi connectivity index (χ2n) is 3.29. The van der Waals surface area contributed by atoms with E-state index in [1.54, 1.807) is 0 Å². The molecule has 1 heterocycles. The summed E-state index contributed by atoms with van der Waals surface area (Å²) in [5.41, 5.74) is 1.66. The molecule has 0 saturated heterocycles. The van der Waals surface area contributed by atoms with Crippen LogP contribution in [0.2, 0.25) is 0 Å². The molecule has 3 nitrogen and oxygen atoms in total. The minimum absolute atomic E-state index is 0.0185. The van der Waals surface area contributed by atoms with Gasteiger partial charge < -0.3 is 4.42 Å². The van der Waals surface area contributed by atoms with Gasteiger partial charge in [-0.3, -0.25) is 0 Å². The first-order valence-corrected chi connectivity index (χ1v) is 5.66. The molecule has 2 aromatic rings. The largest absolute Gasteiger partial charge is 0.431 e. The Morgan fingerprint density at radius 2 is 2.33 bits per heavy atom. The van der Waals surface area contributed by atoms with Crippen LogP contribution in [0.3, 0.4) is 0 Å². The molecule has 4 heteroatoms. The molecule has 0 aliphatic rings. The first-order valence-electron chi connectivity index (χ1n) is 4.67. The molecule has 76 valence electrons. The molecule has 0 spiro atoms. The summed E-state index contributed by atoms with van der Waals surface area (Å²) in [5.74, 6) is 0.730. The molecule has 0 N–H and O–H groups in total. The summed E-state index contributed by atoms with van der Waals surface area (Å²) in [6, 6.07) is 9.83. The molecule has 2 rings (SSSR count). The van der Waals surface area contributed by atoms with Crippen LogP contribution >= 0.6 is 11.8 Å². The summed E-state index contributed by atoms with van der Waals surface area (Å²) in [5, 5.41) is 9.28. The van der Waals surface area contributed by atoms with E-state index in [0.717, 1.165) is 11.1 Å². The Hall–Kier alpha value is -1.47. The number of hydrogen-bond donors (Lipinski definition) is 0. The molecule has 0 saturated carbocycles. The third-order valence-electron chi connectivity index (χ3n) is 1.95. The van der Waals surface area contributed by atoms with Gasteiger partial charge in [0.25, 0.3) is 5.22 Å². The van der Waals surface area contributed by atoms with E-state index in [1.165, 1.54) is 11.8 Å². The third kappa shape index (κ3) is 2.31. The van der Waals surface area contributed by atoms with E-state index in [4.69, 9.17) is 9.68 Å². The van der Waals surface area contributed by atoms with Crippen molar-refractivity contribution in [3.8, 4) is 6.07 Å². The quantitative estimate of drug-likeness (QED) is 0.743. The van der Waals surface area contributed by atoms with Crippen molar-refractivity contribution in [3.63, 3.8) is 0 Å². The second kappa shape index (κ2) is 4.37. The van der Waals surface area contributed by atoms with Crippen molar-refractivity contribution in [2.75, 3.05) is 5.75 Å². The van der Waals surface area contributed by atoms with Crippen LogP contribution in [0.25, 0.3) is 11.1 Å². The third-order valence-corrected chi connectivity index (χ3v) is 3.04. The standard InChI is InChI=1S/C11H10N2OS/c1-8(6-12)7-15-11-13-9-4-2-3-5-10(9)14-11/h2-5,8H,7H2,1H3. The summed E-state index contributed by atoms with van der Waals surface area (Å²) in [6.45, 7) is 1.88. The number of benzene rings is 1. The van der Waals surface area contributed by atoms with Crippen molar-refractivity contribution in [1.82, 2.24) is 4.98 Å². The van der Waals surface area contributed by atoms with Crippen LogP contribution in [0.4, 0.5) is 0 Å². The number of nitrogens with zero attached hydrogens (tertiary/aromatic N) is 2. The molecule has 1 unspecified atom stereocenters. The first-order chi connectivity index (χ1) is 7.29. The highest BCUT2D eigenvalue weighted by molar-refractivity contribution is 7.99. The number of hydrogen-bond acceptors (Lipinski definition) is 4. The van der Waals surface area contributed by atoms with Gasteiger partial charge in [-0.15, -0.1) is 0 Å². The molecule has 1 aromatic carbocycles. The molecule has 0 fully saturated rings. The lowest BCUT2D eigenvalue weighted by molar-refractivity contribution is 0.489. The van der Waals surface area contributed by atoms with Gasteiger partial charge in [0.2, 0.25) is 0 Å². The van der Waals surface area contributed by atoms with E-state index < -0.39 is 0 Å². The Balaban J connectivity index is 2.13. The van der Waals surface area contributed by atoms with Gasteiger partial charge in [-0.25, -0.2) is 4.98 Å². The van der Waals surface area contributed by atoms with Crippen LogP contribution in [0.1, 0.15) is 6.92 Å². The molecular weight excluding hydrogens is 208 g/mol. The van der Waals surface area contributed by atoms with E-state index >= 15 is 0 Å². The average Bonchev–Trinajstić information content (AvgIpc) is 2.68. The fraction of sp³-hybridized carbons (Fsp3) is 0.273. The average molecular weight is 218 g/mol. The van der Waals surface area contributed by atoms with Crippen LogP contribution < -0.4 is 0 Å². The zero-order valence-corrected chi connectivity index (χ0v) is 9.12. The van der Waals surface area contributed by atoms with Crippen LogP contribution in [0, 0.1) is 17.2 Å². The lowest BCUT2D eigenvalue weighted by Gasteiger charge is -1.96. The van der Waals surface area contributed by atoms with Crippen molar-refractivity contribution in [3.05, 3.63) is 24.3 Å². The van der Waals surface area contributed by atoms with Gasteiger partial charge in [-0.2, -0.15) is 5.26 Å². The summed E-state index contributed by atoms with van der Waals surface area (Å²) in [7, 11) is 0. The molecule has 0 radical (unpaired) electrons. The van der Waals surface area contributed by atoms with E-state index in [-0.39, 0.29) is 5.92 Å². The highest BCUT2D eigenvalue weighted by Gasteiger charge is 2.07. The molecule has 0 aliphatic carbocycles. The van der Waals surface area contributed by atoms with Crippen LogP contribution in [0.5, 0.6) is 0 Å². The monoisotopic (exact) mass is 218 g/mol. The second-order valence-corrected chi connectivity index (χ2v) is 4.26. The predicted octanol–water partition coefficient (Wildman–Crippen LogP) is 3.08. The van der Waals surface area contributed by atoms with Crippen molar-refractivity contribution in [1.29, 1.82) is 5.26 Å². The lowest BCUT2D eigenvalue weighted by atomic mass is 10.3. The fourth-order valence-corrected chi connectivity index (χ4v) is 1.93. The Morgan fingerprint density at radius 3 is 3.07 bits per heavy atom. The van der Waals surface area contributed by atoms with Gasteiger partial charge >= 0.3 is 0 Å². The molecular formula is C11H10N2OS. The van der Waals surface area contributed by atoms with Gasteiger partial charge in [0.1, 0.15) is 5.52 Å². The van der Waals surface area contributed by atoms with Gasteiger partial charge in [0.15, 0.2) is 5.58 Å². The normalized spacial score (nSPS) is 12.5. The smallest absolute Gasteiger partial charge is 0.256 e. The van der Waals surface area contributed by atoms with Gasteiger partial charge in [0.05, 0.1) is 12.0 Å². The number of rotatable bonds is 3. The van der Waals surface area contributed by atoms with Gasteiger partial charge in [-0.1, -0.05) is 23.9 Å². The predicted molar refractivity (Wildman–Crippen MR) is 59.5 cm³/mol. The Labute approximate surface area is 92.1 Å². The molecule has 1 atom stereocenters. The highest BCUT2D eigenvalue weighted by atomic mass is 32.2. The van der Waals surface area contributed by atoms with E-state index in [2.05, 4.69) is 11.1 Å². The number of nitriles is 1. The van der Waals surface area contributed by atoms with Gasteiger partial charge in [0, 0.05) is 5.75 Å². The van der Waals surface area contributed by atoms with Crippen LogP contribution in [-0.4, -0.2) is 10.7 Å². The maximum atomic E-state index is 8.64. The zero-order valence-electron chi connectivity index (χ0n) is 8.30. The van der Waals surface area contributed by atoms with Crippen molar-refractivity contribution >= 4 is 22.9 Å². The lowest BCUT2D eigenvalue weighted by Crippen LogP contribution is -1.92. The van der Waals surface area contributed by atoms with Crippen LogP contribution in [0.15, 0.2) is 33.9 Å². The van der Waals surface area contributed by atoms with Crippen molar-refractivity contribution in [2.24, 2.45) is 5.92 Å². The minimum Gasteiger partial charge on any atom is -0.431 e. The maximum absolute atomic E-state index is 8.64. The molecule has 0 aliphatic heterocycles. The van der Waals surface area contributed by atoms with Crippen molar-refractivity contribution in [2.45, 2.75) is 12.1 Å². The number of thioether (sulfide) groups is 1. The molecule has 0 amide bonds. The SMILES string of the molecule is CC(C#N)CSc1nc2ccccc2o1. The maximum Gasteiger partial charge on any atom is 0.256 e. The zero-order chi connectivity index (χ0) is 10.7. The minimum atomic E-state index is 0.0185. The van der Waals surface area contributed by atoms with E-state index in [1.807, 2.05) is 31.2 Å². The van der Waals surface area contributed by atoms with E-state index in [0.29, 0.717) is 11.0 Å². The van der Waals surface area contributed by atoms with Crippen LogP contribution in [-0.2, 0) is 0 Å². The molecule has 0 bridgehead atoms. The first kappa shape index (κ1) is 10.1. The Bertz CT molecular complexity index is 468. The summed E-state index contributed by atoms with van der Waals surface area (Å²) in [4.78, 5) is 4.31. The van der Waals surface area contributed by atoms with E-state index in [9.17, 15) is 0 Å². The topological polar surface area (TPSA) is 49.8 Å². The number of para-hydroxylation sites is 2. The van der Waals surface area contributed by atoms with Gasteiger partial charge in [-0.05, 0) is 19.1 Å². The number of oxazole rings is 1. The fourth-order valence-electron chi connectivity index (χ4n) is 1.15. The summed E-state index contributed by atoms with van der Waals surface area (Å²) < 4.78 is 5.51. The Morgan fingerprint density at radius 1 is 1.53 bits per heavy atom. The number of fused-ring (bicyclic) bond motifs is 1.